The van der Waals surface area contributed by atoms with Crippen LogP contribution < -0.4 is 5.32 Å². The minimum absolute atomic E-state index is 0.0916. The van der Waals surface area contributed by atoms with Gasteiger partial charge in [-0.3, -0.25) is 9.59 Å². The van der Waals surface area contributed by atoms with Crippen molar-refractivity contribution < 1.29 is 23.6 Å². The number of oxime groups is 1. The molecule has 1 unspecified atom stereocenters. The number of nitrogens with zero attached hydrogens (tertiary/aromatic N) is 1. The first kappa shape index (κ1) is 24.3. The van der Waals surface area contributed by atoms with Crippen LogP contribution in [0.5, 0.6) is 0 Å². The monoisotopic (exact) mass is 500 g/mol. The molecule has 2 aromatic carbocycles. The van der Waals surface area contributed by atoms with E-state index in [-0.39, 0.29) is 23.7 Å². The lowest BCUT2D eigenvalue weighted by Crippen LogP contribution is -2.26. The first-order chi connectivity index (χ1) is 15.1. The van der Waals surface area contributed by atoms with Gasteiger partial charge in [0.25, 0.3) is 0 Å². The van der Waals surface area contributed by atoms with Crippen LogP contribution in [0.4, 0.5) is 4.39 Å². The molecule has 32 heavy (non-hydrogen) atoms. The number of hydrogen-bond acceptors (Lipinski definition) is 5. The maximum atomic E-state index is 14.3. The summed E-state index contributed by atoms with van der Waals surface area (Å²) in [6, 6.07) is 7.79. The quantitative estimate of drug-likeness (QED) is 0.313. The number of carbonyl (C=O) groups excluding carboxylic acids is 2. The Bertz CT molecular complexity index is 1070. The number of esters is 1. The van der Waals surface area contributed by atoms with Crippen LogP contribution in [0.25, 0.3) is 0 Å². The van der Waals surface area contributed by atoms with E-state index in [9.17, 15) is 14.0 Å². The Kier molecular flexibility index (Phi) is 7.64. The van der Waals surface area contributed by atoms with Crippen molar-refractivity contribution in [3.63, 3.8) is 0 Å². The zero-order valence-electron chi connectivity index (χ0n) is 17.3. The number of ether oxygens (including phenoxy) is 1. The lowest BCUT2D eigenvalue weighted by Gasteiger charge is -2.22. The molecule has 1 atom stereocenters. The van der Waals surface area contributed by atoms with Gasteiger partial charge in [0.15, 0.2) is 5.60 Å². The van der Waals surface area contributed by atoms with E-state index >= 15 is 0 Å². The molecule has 3 rings (SSSR count). The van der Waals surface area contributed by atoms with Gasteiger partial charge in [0.2, 0.25) is 5.91 Å². The van der Waals surface area contributed by atoms with E-state index in [0.717, 1.165) is 0 Å². The summed E-state index contributed by atoms with van der Waals surface area (Å²) in [4.78, 5) is 28.9. The van der Waals surface area contributed by atoms with E-state index in [1.165, 1.54) is 6.07 Å². The van der Waals surface area contributed by atoms with Crippen molar-refractivity contribution in [1.82, 2.24) is 5.32 Å². The first-order valence-corrected chi connectivity index (χ1v) is 10.9. The van der Waals surface area contributed by atoms with Gasteiger partial charge < -0.3 is 14.9 Å². The number of carbonyl (C=O) groups is 2. The number of benzene rings is 2. The van der Waals surface area contributed by atoms with Crippen LogP contribution in [0.1, 0.15) is 43.4 Å². The number of nitrogens with one attached hydrogen (secondary N) is 1. The normalized spacial score (nSPS) is 17.5. The molecule has 0 saturated heterocycles. The van der Waals surface area contributed by atoms with E-state index in [2.05, 4.69) is 10.5 Å². The molecule has 2 aromatic rings. The zero-order chi connectivity index (χ0) is 23.5. The highest BCUT2D eigenvalue weighted by Gasteiger charge is 2.37. The van der Waals surface area contributed by atoms with Crippen LogP contribution in [0.3, 0.4) is 0 Å². The maximum Gasteiger partial charge on any atom is 0.315 e. The molecule has 0 radical (unpaired) electrons. The van der Waals surface area contributed by atoms with Crippen molar-refractivity contribution in [3.05, 3.63) is 67.9 Å². The van der Waals surface area contributed by atoms with Crippen LogP contribution in [0.2, 0.25) is 15.1 Å². The van der Waals surface area contributed by atoms with Crippen molar-refractivity contribution >= 4 is 52.4 Å². The molecule has 0 bridgehead atoms. The van der Waals surface area contributed by atoms with Crippen molar-refractivity contribution in [3.8, 4) is 0 Å². The summed E-state index contributed by atoms with van der Waals surface area (Å²) in [5, 5.41) is 7.54. The van der Waals surface area contributed by atoms with Crippen LogP contribution in [0, 0.1) is 5.82 Å². The molecule has 0 saturated carbocycles. The molecule has 0 aromatic heterocycles. The van der Waals surface area contributed by atoms with Gasteiger partial charge in [0, 0.05) is 29.7 Å². The van der Waals surface area contributed by atoms with Gasteiger partial charge >= 0.3 is 5.97 Å². The van der Waals surface area contributed by atoms with Gasteiger partial charge in [-0.25, -0.2) is 4.39 Å². The molecule has 0 spiro atoms. The van der Waals surface area contributed by atoms with E-state index < -0.39 is 29.7 Å². The Morgan fingerprint density at radius 1 is 1.22 bits per heavy atom. The molecule has 1 N–H and O–H groups in total. The summed E-state index contributed by atoms with van der Waals surface area (Å²) >= 11 is 18.3. The summed E-state index contributed by atoms with van der Waals surface area (Å²) in [7, 11) is 0. The van der Waals surface area contributed by atoms with Crippen molar-refractivity contribution in [2.75, 3.05) is 6.61 Å². The summed E-state index contributed by atoms with van der Waals surface area (Å²) in [5.41, 5.74) is 1.33. The molecule has 6 nitrogen and oxygen atoms in total. The average molecular weight is 502 g/mol. The second kappa shape index (κ2) is 10.1. The topological polar surface area (TPSA) is 77.0 Å². The van der Waals surface area contributed by atoms with Gasteiger partial charge in [-0.2, -0.15) is 0 Å². The number of hydrogen-bond donors (Lipinski definition) is 1. The fourth-order valence-corrected chi connectivity index (χ4v) is 3.80. The van der Waals surface area contributed by atoms with E-state index in [1.54, 1.807) is 31.2 Å². The Morgan fingerprint density at radius 2 is 1.91 bits per heavy atom. The highest BCUT2D eigenvalue weighted by atomic mass is 35.5. The third-order valence-corrected chi connectivity index (χ3v) is 6.12. The number of rotatable bonds is 7. The molecule has 10 heteroatoms. The van der Waals surface area contributed by atoms with Crippen molar-refractivity contribution in [2.24, 2.45) is 5.16 Å². The van der Waals surface area contributed by atoms with Crippen molar-refractivity contribution in [1.29, 1.82) is 0 Å². The van der Waals surface area contributed by atoms with Crippen LogP contribution in [0.15, 0.2) is 35.5 Å². The predicted octanol–water partition coefficient (Wildman–Crippen LogP) is 5.40. The van der Waals surface area contributed by atoms with Crippen molar-refractivity contribution in [2.45, 2.75) is 38.8 Å². The van der Waals surface area contributed by atoms with Gasteiger partial charge in [-0.15, -0.1) is 0 Å². The molecule has 1 aliphatic rings. The Morgan fingerprint density at radius 3 is 2.56 bits per heavy atom. The second-order valence-electron chi connectivity index (χ2n) is 7.36. The fraction of sp³-hybridized carbons (Fsp3) is 0.318. The van der Waals surface area contributed by atoms with E-state index in [4.69, 9.17) is 44.4 Å². The lowest BCUT2D eigenvalue weighted by molar-refractivity contribution is -0.146. The molecular weight excluding hydrogens is 482 g/mol. The predicted molar refractivity (Wildman–Crippen MR) is 121 cm³/mol. The van der Waals surface area contributed by atoms with Crippen LogP contribution in [-0.2, 0) is 31.3 Å². The molecule has 0 aliphatic carbocycles. The Balaban J connectivity index is 1.72. The minimum atomic E-state index is -0.838. The van der Waals surface area contributed by atoms with Gasteiger partial charge in [0.05, 0.1) is 27.4 Å². The second-order valence-corrected chi connectivity index (χ2v) is 8.55. The number of amides is 1. The largest absolute Gasteiger partial charge is 0.466 e. The van der Waals surface area contributed by atoms with Gasteiger partial charge in [0.1, 0.15) is 12.2 Å². The van der Waals surface area contributed by atoms with E-state index in [0.29, 0.717) is 33.3 Å². The Labute approximate surface area is 199 Å². The highest BCUT2D eigenvalue weighted by molar-refractivity contribution is 6.48. The lowest BCUT2D eigenvalue weighted by atomic mass is 9.89. The van der Waals surface area contributed by atoms with E-state index in [1.807, 2.05) is 6.92 Å². The highest BCUT2D eigenvalue weighted by Crippen LogP contribution is 2.41. The standard InChI is InChI=1S/C22H20Cl3FN2O4/c1-3-31-20(30)9-19(29)27-11-13-6-12(4-5-17(13)26)18-10-22(2,32-28-18)14-7-15(23)21(25)16(24)8-14/h4-8H,3,9-11H2,1-2H3,(H,27,29). The molecule has 1 amide bonds. The smallest absolute Gasteiger partial charge is 0.315 e. The molecule has 0 fully saturated rings. The summed E-state index contributed by atoms with van der Waals surface area (Å²) in [6.45, 7) is 3.57. The average Bonchev–Trinajstić information content (AvgIpc) is 3.14. The summed E-state index contributed by atoms with van der Waals surface area (Å²) < 4.78 is 19.0. The molecule has 1 heterocycles. The molecule has 1 aliphatic heterocycles. The maximum absolute atomic E-state index is 14.3. The first-order valence-electron chi connectivity index (χ1n) is 9.74. The molecular formula is C22H20Cl3FN2O4. The Hall–Kier alpha value is -2.35. The third kappa shape index (κ3) is 5.52. The number of halogens is 4. The van der Waals surface area contributed by atoms with Crippen LogP contribution in [-0.4, -0.2) is 24.2 Å². The summed E-state index contributed by atoms with van der Waals surface area (Å²) in [6.07, 6.45) is -0.0537. The SMILES string of the molecule is CCOC(=O)CC(=O)NCc1cc(C2=NOC(C)(c3cc(Cl)c(Cl)c(Cl)c3)C2)ccc1F. The summed E-state index contributed by atoms with van der Waals surface area (Å²) in [5.74, 6) is -1.69. The molecule has 170 valence electrons. The minimum Gasteiger partial charge on any atom is -0.466 e. The fourth-order valence-electron chi connectivity index (χ4n) is 3.20. The van der Waals surface area contributed by atoms with Gasteiger partial charge in [-0.05, 0) is 38.1 Å². The van der Waals surface area contributed by atoms with Crippen LogP contribution >= 0.6 is 34.8 Å². The zero-order valence-corrected chi connectivity index (χ0v) is 19.6. The van der Waals surface area contributed by atoms with Gasteiger partial charge in [-0.1, -0.05) is 46.0 Å². The third-order valence-electron chi connectivity index (χ3n) is 4.92.